The molecule has 0 radical (unpaired) electrons. The first-order valence-corrected chi connectivity index (χ1v) is 30.1. The Morgan fingerprint density at radius 1 is 0.296 bits per heavy atom. The second-order valence-corrected chi connectivity index (χ2v) is 19.9. The first kappa shape index (κ1) is 67.6. The molecule has 1 unspecified atom stereocenters. The molecule has 0 N–H and O–H groups in total. The van der Waals surface area contributed by atoms with Crippen LogP contribution in [0.25, 0.3) is 0 Å². The number of unbranched alkanes of at least 4 members (excludes halogenated alkanes) is 29. The van der Waals surface area contributed by atoms with E-state index in [1.54, 1.807) is 0 Å². The zero-order valence-corrected chi connectivity index (χ0v) is 46.7. The number of hydrogen-bond donors (Lipinski definition) is 0. The highest BCUT2D eigenvalue weighted by Gasteiger charge is 2.19. The molecular weight excluding hydrogens is 877 g/mol. The lowest BCUT2D eigenvalue weighted by molar-refractivity contribution is -0.167. The molecule has 71 heavy (non-hydrogen) atoms. The van der Waals surface area contributed by atoms with Crippen molar-refractivity contribution >= 4 is 17.9 Å². The first-order valence-electron chi connectivity index (χ1n) is 30.1. The number of carbonyl (C=O) groups excluding carboxylic acids is 3. The third-order valence-electron chi connectivity index (χ3n) is 12.9. The molecule has 1 atom stereocenters. The SMILES string of the molecule is CC/C=C\C/C=C\C/C=C\C/C=C\C/C=C\CCCCCCCCCCCC(=O)OCC(COC(=O)CCCCCCC/C=C\C/C=C\CCC)OC(=O)CCCCCCCCCCCCCCCCC. The van der Waals surface area contributed by atoms with E-state index in [9.17, 15) is 14.4 Å². The van der Waals surface area contributed by atoms with Gasteiger partial charge in [0.15, 0.2) is 6.10 Å². The van der Waals surface area contributed by atoms with E-state index in [0.717, 1.165) is 122 Å². The summed E-state index contributed by atoms with van der Waals surface area (Å²) in [5.74, 6) is -0.892. The highest BCUT2D eigenvalue weighted by atomic mass is 16.6. The highest BCUT2D eigenvalue weighted by molar-refractivity contribution is 5.71. The van der Waals surface area contributed by atoms with Gasteiger partial charge in [-0.3, -0.25) is 14.4 Å². The van der Waals surface area contributed by atoms with Crippen LogP contribution >= 0.6 is 0 Å². The van der Waals surface area contributed by atoms with E-state index in [-0.39, 0.29) is 31.1 Å². The molecule has 0 aliphatic heterocycles. The molecule has 0 saturated heterocycles. The zero-order valence-electron chi connectivity index (χ0n) is 46.7. The summed E-state index contributed by atoms with van der Waals surface area (Å²) in [4.78, 5) is 38.2. The van der Waals surface area contributed by atoms with E-state index in [1.165, 1.54) is 128 Å². The van der Waals surface area contributed by atoms with Crippen molar-refractivity contribution in [2.45, 2.75) is 297 Å². The maximum Gasteiger partial charge on any atom is 0.306 e. The lowest BCUT2D eigenvalue weighted by Crippen LogP contribution is -2.30. The fourth-order valence-corrected chi connectivity index (χ4v) is 8.39. The van der Waals surface area contributed by atoms with Gasteiger partial charge in [0.1, 0.15) is 13.2 Å². The van der Waals surface area contributed by atoms with Crippen LogP contribution in [0.2, 0.25) is 0 Å². The summed E-state index contributed by atoms with van der Waals surface area (Å²) in [5.41, 5.74) is 0. The monoisotopic (exact) mass is 989 g/mol. The molecule has 6 heteroatoms. The minimum absolute atomic E-state index is 0.0821. The predicted molar refractivity (Wildman–Crippen MR) is 307 cm³/mol. The molecule has 0 fully saturated rings. The van der Waals surface area contributed by atoms with Crippen LogP contribution in [-0.2, 0) is 28.6 Å². The van der Waals surface area contributed by atoms with E-state index < -0.39 is 6.10 Å². The molecule has 0 spiro atoms. The van der Waals surface area contributed by atoms with Crippen LogP contribution in [0.15, 0.2) is 85.1 Å². The summed E-state index contributed by atoms with van der Waals surface area (Å²) < 4.78 is 16.9. The minimum Gasteiger partial charge on any atom is -0.462 e. The minimum atomic E-state index is -0.783. The van der Waals surface area contributed by atoms with Crippen LogP contribution < -0.4 is 0 Å². The number of esters is 3. The quantitative estimate of drug-likeness (QED) is 0.0261. The Morgan fingerprint density at radius 2 is 0.577 bits per heavy atom. The topological polar surface area (TPSA) is 78.9 Å². The van der Waals surface area contributed by atoms with E-state index in [1.807, 2.05) is 0 Å². The van der Waals surface area contributed by atoms with Gasteiger partial charge in [0, 0.05) is 19.3 Å². The van der Waals surface area contributed by atoms with Gasteiger partial charge in [-0.1, -0.05) is 266 Å². The summed E-state index contributed by atoms with van der Waals surface area (Å²) in [6, 6.07) is 0. The molecule has 0 aliphatic rings. The van der Waals surface area contributed by atoms with Gasteiger partial charge in [0.2, 0.25) is 0 Å². The smallest absolute Gasteiger partial charge is 0.306 e. The molecular formula is C65H112O6. The molecule has 0 saturated carbocycles. The van der Waals surface area contributed by atoms with E-state index in [4.69, 9.17) is 14.2 Å². The average molecular weight is 990 g/mol. The van der Waals surface area contributed by atoms with E-state index in [0.29, 0.717) is 19.3 Å². The van der Waals surface area contributed by atoms with Gasteiger partial charge in [0.05, 0.1) is 0 Å². The molecule has 6 nitrogen and oxygen atoms in total. The van der Waals surface area contributed by atoms with Crippen LogP contribution in [0.1, 0.15) is 290 Å². The Morgan fingerprint density at radius 3 is 0.915 bits per heavy atom. The predicted octanol–water partition coefficient (Wildman–Crippen LogP) is 20.3. The molecule has 0 aliphatic carbocycles. The maximum atomic E-state index is 12.9. The van der Waals surface area contributed by atoms with Crippen molar-refractivity contribution < 1.29 is 28.6 Å². The van der Waals surface area contributed by atoms with E-state index >= 15 is 0 Å². The van der Waals surface area contributed by atoms with Crippen molar-refractivity contribution in [3.8, 4) is 0 Å². The van der Waals surface area contributed by atoms with Crippen molar-refractivity contribution in [1.29, 1.82) is 0 Å². The number of hydrogen-bond acceptors (Lipinski definition) is 6. The highest BCUT2D eigenvalue weighted by Crippen LogP contribution is 2.16. The van der Waals surface area contributed by atoms with Gasteiger partial charge < -0.3 is 14.2 Å². The first-order chi connectivity index (χ1) is 35.0. The third kappa shape index (κ3) is 57.4. The van der Waals surface area contributed by atoms with Crippen molar-refractivity contribution in [3.63, 3.8) is 0 Å². The number of carbonyl (C=O) groups is 3. The Hall–Kier alpha value is -3.41. The fraction of sp³-hybridized carbons (Fsp3) is 0.738. The molecule has 0 aromatic heterocycles. The number of allylic oxidation sites excluding steroid dienone is 14. The van der Waals surface area contributed by atoms with Gasteiger partial charge in [-0.25, -0.2) is 0 Å². The maximum absolute atomic E-state index is 12.9. The molecule has 0 amide bonds. The Kier molecular flexibility index (Phi) is 56.3. The van der Waals surface area contributed by atoms with Crippen LogP contribution in [0.4, 0.5) is 0 Å². The fourth-order valence-electron chi connectivity index (χ4n) is 8.39. The number of rotatable bonds is 54. The summed E-state index contributed by atoms with van der Waals surface area (Å²) >= 11 is 0. The van der Waals surface area contributed by atoms with Gasteiger partial charge in [-0.2, -0.15) is 0 Å². The second kappa shape index (κ2) is 59.2. The molecule has 0 aromatic rings. The largest absolute Gasteiger partial charge is 0.462 e. The summed E-state index contributed by atoms with van der Waals surface area (Å²) in [6.07, 6.45) is 77.2. The lowest BCUT2D eigenvalue weighted by atomic mass is 10.0. The van der Waals surface area contributed by atoms with Crippen LogP contribution in [0.3, 0.4) is 0 Å². The molecule has 408 valence electrons. The number of ether oxygens (including phenoxy) is 3. The Labute approximate surface area is 439 Å². The van der Waals surface area contributed by atoms with Crippen molar-refractivity contribution in [3.05, 3.63) is 85.1 Å². The van der Waals surface area contributed by atoms with E-state index in [2.05, 4.69) is 106 Å². The van der Waals surface area contributed by atoms with Crippen LogP contribution in [-0.4, -0.2) is 37.2 Å². The molecule has 0 bridgehead atoms. The Bertz CT molecular complexity index is 1370. The average Bonchev–Trinajstić information content (AvgIpc) is 3.37. The van der Waals surface area contributed by atoms with Gasteiger partial charge in [-0.15, -0.1) is 0 Å². The third-order valence-corrected chi connectivity index (χ3v) is 12.9. The van der Waals surface area contributed by atoms with Crippen LogP contribution in [0, 0.1) is 0 Å². The van der Waals surface area contributed by atoms with Gasteiger partial charge in [0.25, 0.3) is 0 Å². The van der Waals surface area contributed by atoms with Crippen LogP contribution in [0.5, 0.6) is 0 Å². The zero-order chi connectivity index (χ0) is 51.4. The van der Waals surface area contributed by atoms with Gasteiger partial charge in [-0.05, 0) is 89.9 Å². The molecule has 0 rings (SSSR count). The molecule has 0 aromatic carbocycles. The normalized spacial score (nSPS) is 12.7. The Balaban J connectivity index is 4.31. The standard InChI is InChI=1S/C65H112O6/c1-4-7-10-13-16-19-22-25-27-28-29-30-31-32-33-34-35-36-38-40-43-46-49-52-55-58-64(67)70-61-62(60-69-63(66)57-54-51-48-45-42-39-24-21-18-15-12-9-6-3)71-65(68)59-56-53-50-47-44-41-37-26-23-20-17-14-11-8-5-2/h7,10,12,15-16,19,21,24-25,27,29-30,32-33,62H,4-6,8-9,11,13-14,17-18,20,22-23,26,28,31,34-61H2,1-3H3/b10-7-,15-12-,19-16-,24-21-,27-25-,30-29-,33-32-. The summed E-state index contributed by atoms with van der Waals surface area (Å²) in [7, 11) is 0. The van der Waals surface area contributed by atoms with Gasteiger partial charge >= 0.3 is 17.9 Å². The second-order valence-electron chi connectivity index (χ2n) is 19.9. The van der Waals surface area contributed by atoms with Crippen molar-refractivity contribution in [2.75, 3.05) is 13.2 Å². The van der Waals surface area contributed by atoms with Crippen molar-refractivity contribution in [2.24, 2.45) is 0 Å². The summed E-state index contributed by atoms with van der Waals surface area (Å²) in [5, 5.41) is 0. The lowest BCUT2D eigenvalue weighted by Gasteiger charge is -2.18. The van der Waals surface area contributed by atoms with Crippen molar-refractivity contribution in [1.82, 2.24) is 0 Å². The summed E-state index contributed by atoms with van der Waals surface area (Å²) in [6.45, 7) is 6.47. The molecule has 0 heterocycles.